The van der Waals surface area contributed by atoms with Crippen molar-refractivity contribution in [2.24, 2.45) is 0 Å². The predicted molar refractivity (Wildman–Crippen MR) is 82.2 cm³/mol. The normalized spacial score (nSPS) is 11.3. The Balaban J connectivity index is 2.57. The van der Waals surface area contributed by atoms with E-state index in [0.29, 0.717) is 25.1 Å². The molecule has 1 aromatic rings. The molecular weight excluding hydrogens is 252 g/mol. The van der Waals surface area contributed by atoms with Crippen LogP contribution in [0.15, 0.2) is 12.1 Å². The summed E-state index contributed by atoms with van der Waals surface area (Å²) >= 11 is 0. The Morgan fingerprint density at radius 2 is 1.90 bits per heavy atom. The van der Waals surface area contributed by atoms with Crippen LogP contribution in [-0.4, -0.2) is 30.3 Å². The summed E-state index contributed by atoms with van der Waals surface area (Å²) in [6.45, 7) is 12.4. The lowest BCUT2D eigenvalue weighted by atomic mass is 10.2. The summed E-state index contributed by atoms with van der Waals surface area (Å²) in [5, 5.41) is 3.41. The van der Waals surface area contributed by atoms with Crippen LogP contribution < -0.4 is 10.1 Å². The smallest absolute Gasteiger partial charge is 0.213 e. The fourth-order valence-corrected chi connectivity index (χ4v) is 1.73. The van der Waals surface area contributed by atoms with Gasteiger partial charge in [0, 0.05) is 24.3 Å². The quantitative estimate of drug-likeness (QED) is 0.706. The van der Waals surface area contributed by atoms with Gasteiger partial charge in [0.05, 0.1) is 12.7 Å². The Bertz CT molecular complexity index is 392. The van der Waals surface area contributed by atoms with E-state index >= 15 is 0 Å². The van der Waals surface area contributed by atoms with Gasteiger partial charge in [0.15, 0.2) is 0 Å². The molecule has 0 aliphatic heterocycles. The van der Waals surface area contributed by atoms with Crippen molar-refractivity contribution in [1.82, 2.24) is 10.3 Å². The first kappa shape index (κ1) is 16.9. The molecule has 4 nitrogen and oxygen atoms in total. The van der Waals surface area contributed by atoms with Crippen molar-refractivity contribution in [3.63, 3.8) is 0 Å². The number of nitrogens with one attached hydrogen (secondary N) is 1. The monoisotopic (exact) mass is 280 g/mol. The molecule has 0 aromatic carbocycles. The Morgan fingerprint density at radius 1 is 1.15 bits per heavy atom. The largest absolute Gasteiger partial charge is 0.475 e. The van der Waals surface area contributed by atoms with E-state index in [-0.39, 0.29) is 6.10 Å². The zero-order chi connectivity index (χ0) is 15.0. The van der Waals surface area contributed by atoms with Gasteiger partial charge in [-0.1, -0.05) is 20.8 Å². The highest BCUT2D eigenvalue weighted by atomic mass is 16.5. The van der Waals surface area contributed by atoms with Gasteiger partial charge in [0.2, 0.25) is 5.88 Å². The molecule has 20 heavy (non-hydrogen) atoms. The van der Waals surface area contributed by atoms with Crippen LogP contribution in [0.4, 0.5) is 0 Å². The molecule has 1 N–H and O–H groups in total. The lowest BCUT2D eigenvalue weighted by molar-refractivity contribution is 0.0542. The number of aromatic nitrogens is 1. The van der Waals surface area contributed by atoms with E-state index in [1.54, 1.807) is 0 Å². The molecule has 0 spiro atoms. The maximum absolute atomic E-state index is 5.68. The van der Waals surface area contributed by atoms with E-state index in [1.807, 2.05) is 19.9 Å². The van der Waals surface area contributed by atoms with Crippen LogP contribution >= 0.6 is 0 Å². The molecule has 0 unspecified atom stereocenters. The molecule has 0 aliphatic rings. The molecular formula is C16H28N2O2. The number of ether oxygens (including phenoxy) is 2. The van der Waals surface area contributed by atoms with Crippen molar-refractivity contribution >= 4 is 0 Å². The summed E-state index contributed by atoms with van der Waals surface area (Å²) in [4.78, 5) is 4.49. The minimum Gasteiger partial charge on any atom is -0.475 e. The first-order valence-electron chi connectivity index (χ1n) is 7.48. The molecule has 0 fully saturated rings. The lowest BCUT2D eigenvalue weighted by Crippen LogP contribution is -2.22. The van der Waals surface area contributed by atoms with Gasteiger partial charge in [-0.15, -0.1) is 0 Å². The molecule has 4 heteroatoms. The Morgan fingerprint density at radius 3 is 2.50 bits per heavy atom. The van der Waals surface area contributed by atoms with Crippen LogP contribution in [0.25, 0.3) is 0 Å². The highest BCUT2D eigenvalue weighted by molar-refractivity contribution is 5.25. The highest BCUT2D eigenvalue weighted by Crippen LogP contribution is 2.13. The van der Waals surface area contributed by atoms with Gasteiger partial charge in [-0.25, -0.2) is 4.98 Å². The van der Waals surface area contributed by atoms with Crippen LogP contribution in [0.1, 0.15) is 45.9 Å². The SMILES string of the molecule is CCc1cc(CNC(C)C)cc(OCCOC(C)C)n1. The van der Waals surface area contributed by atoms with Gasteiger partial charge in [-0.3, -0.25) is 0 Å². The van der Waals surface area contributed by atoms with Gasteiger partial charge in [0.1, 0.15) is 6.61 Å². The second-order valence-electron chi connectivity index (χ2n) is 5.46. The summed E-state index contributed by atoms with van der Waals surface area (Å²) in [5.74, 6) is 0.692. The molecule has 1 aromatic heterocycles. The van der Waals surface area contributed by atoms with Crippen molar-refractivity contribution < 1.29 is 9.47 Å². The lowest BCUT2D eigenvalue weighted by Gasteiger charge is -2.12. The van der Waals surface area contributed by atoms with E-state index in [4.69, 9.17) is 9.47 Å². The molecule has 0 amide bonds. The van der Waals surface area contributed by atoms with Gasteiger partial charge < -0.3 is 14.8 Å². The van der Waals surface area contributed by atoms with Gasteiger partial charge in [0.25, 0.3) is 0 Å². The molecule has 0 bridgehead atoms. The summed E-state index contributed by atoms with van der Waals surface area (Å²) < 4.78 is 11.1. The fourth-order valence-electron chi connectivity index (χ4n) is 1.73. The van der Waals surface area contributed by atoms with E-state index in [9.17, 15) is 0 Å². The third kappa shape index (κ3) is 6.87. The minimum atomic E-state index is 0.235. The highest BCUT2D eigenvalue weighted by Gasteiger charge is 2.04. The maximum atomic E-state index is 5.68. The van der Waals surface area contributed by atoms with Gasteiger partial charge in [-0.2, -0.15) is 0 Å². The summed E-state index contributed by atoms with van der Waals surface area (Å²) in [5.41, 5.74) is 2.28. The first-order chi connectivity index (χ1) is 9.51. The summed E-state index contributed by atoms with van der Waals surface area (Å²) in [6.07, 6.45) is 1.15. The van der Waals surface area contributed by atoms with Crippen LogP contribution in [0.5, 0.6) is 5.88 Å². The summed E-state index contributed by atoms with van der Waals surface area (Å²) in [7, 11) is 0. The van der Waals surface area contributed by atoms with Crippen LogP contribution in [-0.2, 0) is 17.7 Å². The third-order valence-electron chi connectivity index (χ3n) is 2.78. The van der Waals surface area contributed by atoms with Gasteiger partial charge in [-0.05, 0) is 31.9 Å². The Labute approximate surface area is 122 Å². The second kappa shape index (κ2) is 8.93. The molecule has 1 rings (SSSR count). The van der Waals surface area contributed by atoms with Crippen LogP contribution in [0.2, 0.25) is 0 Å². The van der Waals surface area contributed by atoms with Crippen molar-refractivity contribution in [2.75, 3.05) is 13.2 Å². The molecule has 1 heterocycles. The summed E-state index contributed by atoms with van der Waals surface area (Å²) in [6, 6.07) is 4.61. The topological polar surface area (TPSA) is 43.4 Å². The zero-order valence-electron chi connectivity index (χ0n) is 13.4. The van der Waals surface area contributed by atoms with Crippen molar-refractivity contribution in [2.45, 2.75) is 59.7 Å². The average molecular weight is 280 g/mol. The van der Waals surface area contributed by atoms with Crippen molar-refractivity contribution in [3.05, 3.63) is 23.4 Å². The minimum absolute atomic E-state index is 0.235. The number of hydrogen-bond donors (Lipinski definition) is 1. The Hall–Kier alpha value is -1.13. The predicted octanol–water partition coefficient (Wildman–Crippen LogP) is 2.95. The fraction of sp³-hybridized carbons (Fsp3) is 0.688. The average Bonchev–Trinajstić information content (AvgIpc) is 2.41. The number of aryl methyl sites for hydroxylation is 1. The molecule has 0 atom stereocenters. The molecule has 0 radical (unpaired) electrons. The number of pyridine rings is 1. The molecule has 0 saturated carbocycles. The van der Waals surface area contributed by atoms with Crippen molar-refractivity contribution in [1.29, 1.82) is 0 Å². The Kier molecular flexibility index (Phi) is 7.55. The number of hydrogen-bond acceptors (Lipinski definition) is 4. The van der Waals surface area contributed by atoms with E-state index < -0.39 is 0 Å². The zero-order valence-corrected chi connectivity index (χ0v) is 13.4. The van der Waals surface area contributed by atoms with Crippen LogP contribution in [0, 0.1) is 0 Å². The molecule has 0 aliphatic carbocycles. The van der Waals surface area contributed by atoms with Crippen molar-refractivity contribution in [3.8, 4) is 5.88 Å². The first-order valence-corrected chi connectivity index (χ1v) is 7.48. The van der Waals surface area contributed by atoms with Gasteiger partial charge >= 0.3 is 0 Å². The van der Waals surface area contributed by atoms with E-state index in [1.165, 1.54) is 5.56 Å². The molecule has 0 saturated heterocycles. The van der Waals surface area contributed by atoms with E-state index in [0.717, 1.165) is 18.7 Å². The standard InChI is InChI=1S/C16H28N2O2/c1-6-15-9-14(11-17-12(2)3)10-16(18-15)20-8-7-19-13(4)5/h9-10,12-13,17H,6-8,11H2,1-5H3. The second-order valence-corrected chi connectivity index (χ2v) is 5.46. The maximum Gasteiger partial charge on any atom is 0.213 e. The van der Waals surface area contributed by atoms with E-state index in [2.05, 4.69) is 37.1 Å². The van der Waals surface area contributed by atoms with Crippen LogP contribution in [0.3, 0.4) is 0 Å². The number of rotatable bonds is 9. The number of nitrogens with zero attached hydrogens (tertiary/aromatic N) is 1. The third-order valence-corrected chi connectivity index (χ3v) is 2.78. The molecule has 114 valence electrons.